The Kier molecular flexibility index (Phi) is 8.62. The van der Waals surface area contributed by atoms with Crippen LogP contribution in [0.2, 0.25) is 0 Å². The summed E-state index contributed by atoms with van der Waals surface area (Å²) in [5.74, 6) is -0.252. The van der Waals surface area contributed by atoms with Crippen LogP contribution in [0.4, 0.5) is 21.5 Å². The van der Waals surface area contributed by atoms with Crippen LogP contribution in [0.25, 0.3) is 38.3 Å². The summed E-state index contributed by atoms with van der Waals surface area (Å²) in [5.41, 5.74) is 7.49. The fourth-order valence-corrected chi connectivity index (χ4v) is 13.5. The fourth-order valence-electron chi connectivity index (χ4n) is 8.77. The van der Waals surface area contributed by atoms with E-state index in [1.54, 1.807) is 12.1 Å². The van der Waals surface area contributed by atoms with Crippen LogP contribution in [0.5, 0.6) is 0 Å². The van der Waals surface area contributed by atoms with Crippen molar-refractivity contribution >= 4 is 78.5 Å². The Morgan fingerprint density at radius 2 is 0.895 bits per heavy atom. The van der Waals surface area contributed by atoms with Gasteiger partial charge < -0.3 is 9.47 Å². The van der Waals surface area contributed by atoms with E-state index in [1.807, 2.05) is 12.1 Å². The first-order valence-corrected chi connectivity index (χ1v) is 21.4. The molecule has 0 bridgehead atoms. The van der Waals surface area contributed by atoms with Gasteiger partial charge in [0.1, 0.15) is 5.82 Å². The molecule has 0 fully saturated rings. The van der Waals surface area contributed by atoms with Gasteiger partial charge in [0.25, 0.3) is 0 Å². The van der Waals surface area contributed by atoms with Crippen molar-refractivity contribution in [3.63, 3.8) is 0 Å². The molecule has 57 heavy (non-hydrogen) atoms. The summed E-state index contributed by atoms with van der Waals surface area (Å²) in [6, 6.07) is 77.8. The van der Waals surface area contributed by atoms with Gasteiger partial charge in [0.2, 0.25) is 0 Å². The molecule has 0 amide bonds. The van der Waals surface area contributed by atoms with Crippen molar-refractivity contribution in [2.24, 2.45) is 0 Å². The number of halogens is 1. The van der Waals surface area contributed by atoms with Gasteiger partial charge in [0, 0.05) is 33.5 Å². The summed E-state index contributed by atoms with van der Waals surface area (Å²) >= 11 is 0. The van der Waals surface area contributed by atoms with Crippen LogP contribution in [0.3, 0.4) is 0 Å². The summed E-state index contributed by atoms with van der Waals surface area (Å²) in [7, 11) is -2.82. The molecule has 10 rings (SSSR count). The van der Waals surface area contributed by atoms with Gasteiger partial charge in [-0.15, -0.1) is 0 Å². The normalized spacial score (nSPS) is 11.7. The van der Waals surface area contributed by atoms with Crippen molar-refractivity contribution in [1.82, 2.24) is 4.57 Å². The van der Waals surface area contributed by atoms with Crippen LogP contribution >= 0.6 is 0 Å². The van der Waals surface area contributed by atoms with E-state index in [1.165, 1.54) is 37.1 Å². The zero-order chi connectivity index (χ0) is 38.3. The molecular formula is C53H39FN2Si. The van der Waals surface area contributed by atoms with Crippen molar-refractivity contribution in [1.29, 1.82) is 0 Å². The third-order valence-corrected chi connectivity index (χ3v) is 16.2. The molecule has 0 saturated carbocycles. The summed E-state index contributed by atoms with van der Waals surface area (Å²) in [6.45, 7) is 2.13. The highest BCUT2D eigenvalue weighted by atomic mass is 28.3. The standard InChI is InChI=1S/C53H39FN2Si/c1-38-21-26-42(27-22-38)55(44-28-23-39-13-11-12-14-40(39)35-44)45-31-33-52-50(36-45)51-37-49(32-34-53(51)56(52)43-29-24-41(54)25-30-43)57(46-15-5-2-6-16-46,47-17-7-3-8-18-47)48-19-9-4-10-20-48/h2-37H,1H3. The number of fused-ring (bicyclic) bond motifs is 4. The fraction of sp³-hybridized carbons (Fsp3) is 0.0189. The highest BCUT2D eigenvalue weighted by Crippen LogP contribution is 2.40. The molecule has 1 aromatic heterocycles. The van der Waals surface area contributed by atoms with Gasteiger partial charge in [0.05, 0.1) is 11.0 Å². The van der Waals surface area contributed by atoms with Gasteiger partial charge in [-0.1, -0.05) is 151 Å². The van der Waals surface area contributed by atoms with E-state index >= 15 is 0 Å². The van der Waals surface area contributed by atoms with Crippen LogP contribution < -0.4 is 25.6 Å². The zero-order valence-corrected chi connectivity index (χ0v) is 32.6. The van der Waals surface area contributed by atoms with Crippen LogP contribution in [0.1, 0.15) is 5.56 Å². The summed E-state index contributed by atoms with van der Waals surface area (Å²) in [4.78, 5) is 2.35. The number of rotatable bonds is 8. The smallest absolute Gasteiger partial charge is 0.179 e. The van der Waals surface area contributed by atoms with Gasteiger partial charge in [-0.3, -0.25) is 0 Å². The summed E-state index contributed by atoms with van der Waals surface area (Å²) in [5, 5.41) is 9.95. The molecule has 1 heterocycles. The minimum Gasteiger partial charge on any atom is -0.310 e. The zero-order valence-electron chi connectivity index (χ0n) is 31.6. The van der Waals surface area contributed by atoms with Gasteiger partial charge in [0.15, 0.2) is 8.07 Å². The van der Waals surface area contributed by atoms with Crippen molar-refractivity contribution in [2.45, 2.75) is 6.92 Å². The van der Waals surface area contributed by atoms with Gasteiger partial charge in [-0.25, -0.2) is 4.39 Å². The van der Waals surface area contributed by atoms with E-state index in [-0.39, 0.29) is 5.82 Å². The molecule has 0 aliphatic carbocycles. The van der Waals surface area contributed by atoms with Gasteiger partial charge in [-0.05, 0) is 111 Å². The summed E-state index contributed by atoms with van der Waals surface area (Å²) < 4.78 is 16.7. The SMILES string of the molecule is Cc1ccc(N(c2ccc3ccccc3c2)c2ccc3c(c2)c2cc([Si](c4ccccc4)(c4ccccc4)c4ccccc4)ccc2n3-c2ccc(F)cc2)cc1. The third-order valence-electron chi connectivity index (χ3n) is 11.4. The molecule has 2 nitrogen and oxygen atoms in total. The lowest BCUT2D eigenvalue weighted by molar-refractivity contribution is 0.627. The first kappa shape index (κ1) is 34.5. The Balaban J connectivity index is 1.28. The van der Waals surface area contributed by atoms with Crippen molar-refractivity contribution in [2.75, 3.05) is 4.90 Å². The number of benzene rings is 9. The molecule has 0 unspecified atom stereocenters. The Morgan fingerprint density at radius 1 is 0.404 bits per heavy atom. The monoisotopic (exact) mass is 750 g/mol. The Hall–Kier alpha value is -7.01. The lowest BCUT2D eigenvalue weighted by Gasteiger charge is -2.34. The maximum Gasteiger partial charge on any atom is 0.179 e. The molecule has 9 aromatic carbocycles. The van der Waals surface area contributed by atoms with E-state index in [9.17, 15) is 4.39 Å². The van der Waals surface area contributed by atoms with E-state index in [4.69, 9.17) is 0 Å². The number of hydrogen-bond acceptors (Lipinski definition) is 1. The molecular weight excluding hydrogens is 712 g/mol. The molecule has 272 valence electrons. The van der Waals surface area contributed by atoms with Gasteiger partial charge in [-0.2, -0.15) is 0 Å². The number of hydrogen-bond donors (Lipinski definition) is 0. The Labute approximate surface area is 333 Å². The molecule has 0 radical (unpaired) electrons. The van der Waals surface area contributed by atoms with Crippen LogP contribution in [-0.2, 0) is 0 Å². The topological polar surface area (TPSA) is 8.17 Å². The Morgan fingerprint density at radius 3 is 1.51 bits per heavy atom. The first-order valence-electron chi connectivity index (χ1n) is 19.4. The molecule has 0 atom stereocenters. The highest BCUT2D eigenvalue weighted by molar-refractivity contribution is 7.20. The largest absolute Gasteiger partial charge is 0.310 e. The number of aryl methyl sites for hydroxylation is 1. The molecule has 0 saturated heterocycles. The molecule has 4 heteroatoms. The molecule has 0 aliphatic rings. The van der Waals surface area contributed by atoms with E-state index in [2.05, 4.69) is 211 Å². The van der Waals surface area contributed by atoms with Crippen LogP contribution in [0, 0.1) is 12.7 Å². The van der Waals surface area contributed by atoms with Crippen molar-refractivity contribution < 1.29 is 4.39 Å². The quantitative estimate of drug-likeness (QED) is 0.111. The first-order chi connectivity index (χ1) is 28.1. The lowest BCUT2D eigenvalue weighted by atomic mass is 10.1. The molecule has 10 aromatic rings. The lowest BCUT2D eigenvalue weighted by Crippen LogP contribution is -2.74. The predicted molar refractivity (Wildman–Crippen MR) is 241 cm³/mol. The summed E-state index contributed by atoms with van der Waals surface area (Å²) in [6.07, 6.45) is 0. The second kappa shape index (κ2) is 14.2. The van der Waals surface area contributed by atoms with Crippen molar-refractivity contribution in [3.8, 4) is 5.69 Å². The van der Waals surface area contributed by atoms with Crippen molar-refractivity contribution in [3.05, 3.63) is 230 Å². The second-order valence-corrected chi connectivity index (χ2v) is 18.6. The number of nitrogens with zero attached hydrogens (tertiary/aromatic N) is 2. The van der Waals surface area contributed by atoms with Crippen LogP contribution in [-0.4, -0.2) is 12.6 Å². The van der Waals surface area contributed by atoms with E-state index in [0.717, 1.165) is 44.6 Å². The Bertz CT molecular complexity index is 2920. The van der Waals surface area contributed by atoms with Crippen LogP contribution in [0.15, 0.2) is 218 Å². The maximum atomic E-state index is 14.4. The second-order valence-electron chi connectivity index (χ2n) is 14.8. The highest BCUT2D eigenvalue weighted by Gasteiger charge is 2.41. The maximum absolute atomic E-state index is 14.4. The van der Waals surface area contributed by atoms with E-state index < -0.39 is 8.07 Å². The van der Waals surface area contributed by atoms with E-state index in [0.29, 0.717) is 0 Å². The minimum absolute atomic E-state index is 0.252. The molecule has 0 aliphatic heterocycles. The number of aromatic nitrogens is 1. The molecule has 0 N–H and O–H groups in total. The average molecular weight is 751 g/mol. The predicted octanol–water partition coefficient (Wildman–Crippen LogP) is 11.2. The molecule has 0 spiro atoms. The average Bonchev–Trinajstić information content (AvgIpc) is 3.59. The number of anilines is 3. The third kappa shape index (κ3) is 5.94. The minimum atomic E-state index is -2.82. The van der Waals surface area contributed by atoms with Gasteiger partial charge >= 0.3 is 0 Å².